The molecule has 2 rings (SSSR count). The van der Waals surface area contributed by atoms with Crippen LogP contribution in [-0.4, -0.2) is 33.2 Å². The van der Waals surface area contributed by atoms with E-state index in [1.807, 2.05) is 39.0 Å². The van der Waals surface area contributed by atoms with Crippen LogP contribution in [0.3, 0.4) is 0 Å². The van der Waals surface area contributed by atoms with E-state index in [1.165, 1.54) is 12.1 Å². The molecule has 6 nitrogen and oxygen atoms in total. The Hall–Kier alpha value is -2.67. The van der Waals surface area contributed by atoms with E-state index in [2.05, 4.69) is 5.32 Å². The molecule has 0 aromatic heterocycles. The SMILES string of the molecule is Cc1cccc(C(C)C)c1NC(=O)COC(=O)c1cccc(CS(C)(=O)=O)c1. The monoisotopic (exact) mass is 403 g/mol. The van der Waals surface area contributed by atoms with E-state index >= 15 is 0 Å². The van der Waals surface area contributed by atoms with E-state index in [0.717, 1.165) is 23.1 Å². The van der Waals surface area contributed by atoms with Gasteiger partial charge >= 0.3 is 5.97 Å². The second-order valence-electron chi connectivity index (χ2n) is 7.09. The van der Waals surface area contributed by atoms with Crippen LogP contribution >= 0.6 is 0 Å². The highest BCUT2D eigenvalue weighted by Gasteiger charge is 2.15. The lowest BCUT2D eigenvalue weighted by Crippen LogP contribution is -2.22. The summed E-state index contributed by atoms with van der Waals surface area (Å²) in [5.74, 6) is -1.05. The highest BCUT2D eigenvalue weighted by Crippen LogP contribution is 2.27. The van der Waals surface area contributed by atoms with Crippen molar-refractivity contribution in [2.24, 2.45) is 0 Å². The molecule has 150 valence electrons. The Morgan fingerprint density at radius 2 is 1.79 bits per heavy atom. The number of aryl methyl sites for hydroxylation is 1. The van der Waals surface area contributed by atoms with Crippen LogP contribution in [0.25, 0.3) is 0 Å². The molecule has 2 aromatic carbocycles. The van der Waals surface area contributed by atoms with Gasteiger partial charge in [-0.05, 0) is 41.7 Å². The number of hydrogen-bond donors (Lipinski definition) is 1. The van der Waals surface area contributed by atoms with E-state index in [-0.39, 0.29) is 17.2 Å². The summed E-state index contributed by atoms with van der Waals surface area (Å²) in [5.41, 5.74) is 3.36. The molecule has 7 heteroatoms. The van der Waals surface area contributed by atoms with Crippen molar-refractivity contribution in [3.8, 4) is 0 Å². The van der Waals surface area contributed by atoms with Crippen molar-refractivity contribution in [2.45, 2.75) is 32.4 Å². The van der Waals surface area contributed by atoms with Gasteiger partial charge in [0, 0.05) is 11.9 Å². The molecular weight excluding hydrogens is 378 g/mol. The summed E-state index contributed by atoms with van der Waals surface area (Å²) in [4.78, 5) is 24.5. The molecule has 1 amide bonds. The molecule has 0 aliphatic rings. The molecule has 0 aliphatic carbocycles. The zero-order valence-corrected chi connectivity index (χ0v) is 17.3. The Morgan fingerprint density at radius 1 is 1.11 bits per heavy atom. The first-order valence-corrected chi connectivity index (χ1v) is 11.0. The normalized spacial score (nSPS) is 11.3. The minimum absolute atomic E-state index is 0.167. The summed E-state index contributed by atoms with van der Waals surface area (Å²) in [7, 11) is -3.21. The maximum Gasteiger partial charge on any atom is 0.338 e. The van der Waals surface area contributed by atoms with Gasteiger partial charge in [0.2, 0.25) is 0 Å². The van der Waals surface area contributed by atoms with Crippen LogP contribution < -0.4 is 5.32 Å². The lowest BCUT2D eigenvalue weighted by atomic mass is 9.98. The first kappa shape index (κ1) is 21.6. The maximum atomic E-state index is 12.3. The molecule has 0 bridgehead atoms. The molecule has 0 spiro atoms. The third-order valence-electron chi connectivity index (χ3n) is 4.12. The van der Waals surface area contributed by atoms with Crippen LogP contribution in [0.2, 0.25) is 0 Å². The van der Waals surface area contributed by atoms with Crippen molar-refractivity contribution < 1.29 is 22.7 Å². The number of para-hydroxylation sites is 1. The molecule has 28 heavy (non-hydrogen) atoms. The van der Waals surface area contributed by atoms with Gasteiger partial charge in [-0.25, -0.2) is 13.2 Å². The number of sulfone groups is 1. The molecule has 0 saturated heterocycles. The Balaban J connectivity index is 2.02. The average molecular weight is 404 g/mol. The standard InChI is InChI=1S/C21H25NO5S/c1-14(2)18-10-5-7-15(3)20(18)22-19(23)12-27-21(24)17-9-6-8-16(11-17)13-28(4,25)26/h5-11,14H,12-13H2,1-4H3,(H,22,23). The molecule has 0 unspecified atom stereocenters. The van der Waals surface area contributed by atoms with E-state index in [9.17, 15) is 18.0 Å². The number of hydrogen-bond acceptors (Lipinski definition) is 5. The minimum atomic E-state index is -3.21. The summed E-state index contributed by atoms with van der Waals surface area (Å²) < 4.78 is 27.9. The molecule has 0 fully saturated rings. The Kier molecular flexibility index (Phi) is 6.96. The van der Waals surface area contributed by atoms with Crippen LogP contribution in [0.1, 0.15) is 46.8 Å². The predicted molar refractivity (Wildman–Crippen MR) is 109 cm³/mol. The van der Waals surface area contributed by atoms with Crippen LogP contribution in [0, 0.1) is 6.92 Å². The molecule has 0 heterocycles. The zero-order chi connectivity index (χ0) is 20.9. The van der Waals surface area contributed by atoms with Crippen LogP contribution in [-0.2, 0) is 25.1 Å². The second-order valence-corrected chi connectivity index (χ2v) is 9.23. The number of amides is 1. The first-order valence-electron chi connectivity index (χ1n) is 8.90. The number of esters is 1. The molecular formula is C21H25NO5S. The van der Waals surface area contributed by atoms with Gasteiger partial charge in [-0.1, -0.05) is 44.2 Å². The zero-order valence-electron chi connectivity index (χ0n) is 16.5. The number of benzene rings is 2. The van der Waals surface area contributed by atoms with Crippen molar-refractivity contribution in [2.75, 3.05) is 18.2 Å². The van der Waals surface area contributed by atoms with Crippen LogP contribution in [0.15, 0.2) is 42.5 Å². The summed E-state index contributed by atoms with van der Waals surface area (Å²) in [6.07, 6.45) is 1.12. The Morgan fingerprint density at radius 3 is 2.43 bits per heavy atom. The van der Waals surface area contributed by atoms with E-state index in [1.54, 1.807) is 12.1 Å². The quantitative estimate of drug-likeness (QED) is 0.715. The average Bonchev–Trinajstić information content (AvgIpc) is 2.60. The number of ether oxygens (including phenoxy) is 1. The number of nitrogens with one attached hydrogen (secondary N) is 1. The van der Waals surface area contributed by atoms with Crippen molar-refractivity contribution in [1.29, 1.82) is 0 Å². The van der Waals surface area contributed by atoms with Gasteiger partial charge in [-0.3, -0.25) is 4.79 Å². The largest absolute Gasteiger partial charge is 0.452 e. The number of anilines is 1. The minimum Gasteiger partial charge on any atom is -0.452 e. The van der Waals surface area contributed by atoms with Gasteiger partial charge in [0.15, 0.2) is 16.4 Å². The topological polar surface area (TPSA) is 89.5 Å². The second kappa shape index (κ2) is 9.01. The lowest BCUT2D eigenvalue weighted by Gasteiger charge is -2.16. The van der Waals surface area contributed by atoms with Gasteiger partial charge in [-0.2, -0.15) is 0 Å². The molecule has 0 atom stereocenters. The van der Waals surface area contributed by atoms with Crippen LogP contribution in [0.5, 0.6) is 0 Å². The summed E-state index contributed by atoms with van der Waals surface area (Å²) in [6.45, 7) is 5.55. The third kappa shape index (κ3) is 6.20. The number of carbonyl (C=O) groups excluding carboxylic acids is 2. The fraction of sp³-hybridized carbons (Fsp3) is 0.333. The lowest BCUT2D eigenvalue weighted by molar-refractivity contribution is -0.119. The van der Waals surface area contributed by atoms with Crippen molar-refractivity contribution in [1.82, 2.24) is 0 Å². The summed E-state index contributed by atoms with van der Waals surface area (Å²) in [5, 5.41) is 2.81. The molecule has 0 radical (unpaired) electrons. The van der Waals surface area contributed by atoms with Gasteiger partial charge in [-0.15, -0.1) is 0 Å². The van der Waals surface area contributed by atoms with Gasteiger partial charge in [0.1, 0.15) is 0 Å². The Bertz CT molecular complexity index is 980. The van der Waals surface area contributed by atoms with E-state index in [0.29, 0.717) is 5.56 Å². The van der Waals surface area contributed by atoms with Crippen molar-refractivity contribution in [3.05, 3.63) is 64.7 Å². The van der Waals surface area contributed by atoms with Gasteiger partial charge < -0.3 is 10.1 Å². The fourth-order valence-electron chi connectivity index (χ4n) is 2.82. The molecule has 0 aliphatic heterocycles. The molecule has 0 saturated carbocycles. The van der Waals surface area contributed by atoms with Crippen molar-refractivity contribution in [3.63, 3.8) is 0 Å². The highest BCUT2D eigenvalue weighted by atomic mass is 32.2. The molecule has 2 aromatic rings. The highest BCUT2D eigenvalue weighted by molar-refractivity contribution is 7.89. The summed E-state index contributed by atoms with van der Waals surface area (Å²) in [6, 6.07) is 12.0. The van der Waals surface area contributed by atoms with Gasteiger partial charge in [0.05, 0.1) is 11.3 Å². The maximum absolute atomic E-state index is 12.3. The fourth-order valence-corrected chi connectivity index (χ4v) is 3.61. The van der Waals surface area contributed by atoms with Gasteiger partial charge in [0.25, 0.3) is 5.91 Å². The predicted octanol–water partition coefficient (Wildman–Crippen LogP) is 3.46. The summed E-state index contributed by atoms with van der Waals surface area (Å²) >= 11 is 0. The van der Waals surface area contributed by atoms with Crippen LogP contribution in [0.4, 0.5) is 5.69 Å². The number of rotatable bonds is 7. The first-order chi connectivity index (χ1) is 13.1. The van der Waals surface area contributed by atoms with E-state index < -0.39 is 28.3 Å². The Labute approximate surface area is 165 Å². The van der Waals surface area contributed by atoms with Crippen molar-refractivity contribution >= 4 is 27.4 Å². The smallest absolute Gasteiger partial charge is 0.338 e. The molecule has 1 N–H and O–H groups in total. The third-order valence-corrected chi connectivity index (χ3v) is 4.98. The van der Waals surface area contributed by atoms with E-state index in [4.69, 9.17) is 4.74 Å². The number of carbonyl (C=O) groups is 2.